The number of thioether (sulfide) groups is 1. The van der Waals surface area contributed by atoms with Crippen LogP contribution in [0.15, 0.2) is 65.6 Å². The monoisotopic (exact) mass is 371 g/mol. The van der Waals surface area contributed by atoms with Crippen molar-refractivity contribution in [3.63, 3.8) is 0 Å². The second-order valence-electron chi connectivity index (χ2n) is 5.17. The van der Waals surface area contributed by atoms with Crippen LogP contribution in [0, 0.1) is 0 Å². The third-order valence-electron chi connectivity index (χ3n) is 3.23. The van der Waals surface area contributed by atoms with Crippen LogP contribution in [-0.4, -0.2) is 22.2 Å². The Hall–Kier alpha value is -2.38. The summed E-state index contributed by atoms with van der Waals surface area (Å²) in [6.07, 6.45) is -0.617. The maximum absolute atomic E-state index is 12.2. The number of nitrogens with one attached hydrogen (secondary N) is 1. The van der Waals surface area contributed by atoms with Gasteiger partial charge in [0.25, 0.3) is 5.91 Å². The van der Waals surface area contributed by atoms with Gasteiger partial charge in [-0.2, -0.15) is 0 Å². The van der Waals surface area contributed by atoms with E-state index in [0.717, 1.165) is 5.01 Å². The highest BCUT2D eigenvalue weighted by atomic mass is 32.2. The molecule has 0 aliphatic carbocycles. The summed E-state index contributed by atoms with van der Waals surface area (Å²) in [4.78, 5) is 13.4. The Balaban J connectivity index is 1.51. The highest BCUT2D eigenvalue weighted by molar-refractivity contribution is 7.98. The molecule has 0 saturated carbocycles. The number of benzene rings is 2. The summed E-state index contributed by atoms with van der Waals surface area (Å²) in [5.74, 6) is 1.12. The number of rotatable bonds is 7. The van der Waals surface area contributed by atoms with E-state index in [9.17, 15) is 4.79 Å². The zero-order valence-electron chi connectivity index (χ0n) is 13.6. The molecule has 1 heterocycles. The summed E-state index contributed by atoms with van der Waals surface area (Å²) in [5.41, 5.74) is 0. The predicted octanol–water partition coefficient (Wildman–Crippen LogP) is 4.24. The van der Waals surface area contributed by atoms with Crippen LogP contribution in [0.1, 0.15) is 11.9 Å². The first-order valence-electron chi connectivity index (χ1n) is 7.73. The third-order valence-corrected chi connectivity index (χ3v) is 5.27. The normalized spacial score (nSPS) is 11.7. The van der Waals surface area contributed by atoms with Gasteiger partial charge in [0.2, 0.25) is 5.13 Å². The van der Waals surface area contributed by atoms with Crippen LogP contribution in [-0.2, 0) is 10.5 Å². The Bertz CT molecular complexity index is 809. The lowest BCUT2D eigenvalue weighted by molar-refractivity contribution is -0.122. The second-order valence-corrected chi connectivity index (χ2v) is 7.28. The van der Waals surface area contributed by atoms with Gasteiger partial charge >= 0.3 is 0 Å². The third kappa shape index (κ3) is 5.30. The maximum atomic E-state index is 12.2. The molecule has 3 aromatic rings. The Morgan fingerprint density at radius 3 is 2.52 bits per heavy atom. The van der Waals surface area contributed by atoms with Crippen LogP contribution in [0.3, 0.4) is 0 Å². The maximum Gasteiger partial charge on any atom is 0.266 e. The minimum atomic E-state index is -0.617. The van der Waals surface area contributed by atoms with Crippen LogP contribution >= 0.6 is 23.1 Å². The standard InChI is InChI=1S/C18H17N3O2S2/c1-13(23-14-8-4-2-5-9-14)17(22)19-18-21-20-16(25-18)12-24-15-10-6-3-7-11-15/h2-11,13H,12H2,1H3,(H,19,21,22). The fraction of sp³-hybridized carbons (Fsp3) is 0.167. The molecule has 1 amide bonds. The number of para-hydroxylation sites is 1. The quantitative estimate of drug-likeness (QED) is 0.630. The van der Waals surface area contributed by atoms with Crippen molar-refractivity contribution in [2.45, 2.75) is 23.7 Å². The number of anilines is 1. The van der Waals surface area contributed by atoms with E-state index < -0.39 is 6.10 Å². The van der Waals surface area contributed by atoms with E-state index in [-0.39, 0.29) is 5.91 Å². The largest absolute Gasteiger partial charge is 0.481 e. The molecule has 0 spiro atoms. The molecule has 0 aliphatic heterocycles. The van der Waals surface area contributed by atoms with Gasteiger partial charge in [0, 0.05) is 4.90 Å². The lowest BCUT2D eigenvalue weighted by Crippen LogP contribution is -2.30. The van der Waals surface area contributed by atoms with Gasteiger partial charge in [-0.05, 0) is 31.2 Å². The molecule has 0 bridgehead atoms. The molecular weight excluding hydrogens is 354 g/mol. The molecule has 0 saturated heterocycles. The van der Waals surface area contributed by atoms with Crippen LogP contribution in [0.25, 0.3) is 0 Å². The van der Waals surface area contributed by atoms with Gasteiger partial charge in [0.15, 0.2) is 6.10 Å². The summed E-state index contributed by atoms with van der Waals surface area (Å²) in [7, 11) is 0. The Kier molecular flexibility index (Phi) is 6.03. The molecule has 0 fully saturated rings. The number of carbonyl (C=O) groups excluding carboxylic acids is 1. The van der Waals surface area contributed by atoms with E-state index in [1.807, 2.05) is 48.5 Å². The number of ether oxygens (including phenoxy) is 1. The number of hydrogen-bond acceptors (Lipinski definition) is 6. The fourth-order valence-electron chi connectivity index (χ4n) is 1.99. The summed E-state index contributed by atoms with van der Waals surface area (Å²) in [6, 6.07) is 19.3. The topological polar surface area (TPSA) is 64.1 Å². The van der Waals surface area contributed by atoms with Gasteiger partial charge < -0.3 is 4.74 Å². The number of nitrogens with zero attached hydrogens (tertiary/aromatic N) is 2. The van der Waals surface area contributed by atoms with E-state index in [2.05, 4.69) is 27.6 Å². The van der Waals surface area contributed by atoms with Gasteiger partial charge in [-0.25, -0.2) is 0 Å². The first kappa shape index (κ1) is 17.4. The lowest BCUT2D eigenvalue weighted by atomic mass is 10.3. The number of hydrogen-bond donors (Lipinski definition) is 1. The van der Waals surface area contributed by atoms with Crippen molar-refractivity contribution in [3.8, 4) is 5.75 Å². The molecule has 0 aliphatic rings. The summed E-state index contributed by atoms with van der Waals surface area (Å²) in [5, 5.41) is 12.2. The van der Waals surface area contributed by atoms with Gasteiger partial charge in [-0.15, -0.1) is 22.0 Å². The zero-order chi connectivity index (χ0) is 17.5. The smallest absolute Gasteiger partial charge is 0.266 e. The Labute approximate surface area is 154 Å². The van der Waals surface area contributed by atoms with Gasteiger partial charge in [-0.3, -0.25) is 10.1 Å². The van der Waals surface area contributed by atoms with Crippen molar-refractivity contribution >= 4 is 34.1 Å². The molecular formula is C18H17N3O2S2. The van der Waals surface area contributed by atoms with Crippen LogP contribution in [0.4, 0.5) is 5.13 Å². The highest BCUT2D eigenvalue weighted by Gasteiger charge is 2.17. The summed E-state index contributed by atoms with van der Waals surface area (Å²) in [6.45, 7) is 1.70. The molecule has 3 rings (SSSR count). The van der Waals surface area contributed by atoms with E-state index in [1.54, 1.807) is 18.7 Å². The van der Waals surface area contributed by atoms with Gasteiger partial charge in [-0.1, -0.05) is 47.7 Å². The molecule has 2 aromatic carbocycles. The van der Waals surface area contributed by atoms with Crippen LogP contribution < -0.4 is 10.1 Å². The van der Waals surface area contributed by atoms with Crippen LogP contribution in [0.5, 0.6) is 5.75 Å². The van der Waals surface area contributed by atoms with Crippen LogP contribution in [0.2, 0.25) is 0 Å². The number of aromatic nitrogens is 2. The molecule has 5 nitrogen and oxygen atoms in total. The first-order valence-corrected chi connectivity index (χ1v) is 9.54. The molecule has 7 heteroatoms. The molecule has 1 unspecified atom stereocenters. The van der Waals surface area contributed by atoms with Gasteiger partial charge in [0.1, 0.15) is 10.8 Å². The van der Waals surface area contributed by atoms with Crippen molar-refractivity contribution in [1.29, 1.82) is 0 Å². The minimum absolute atomic E-state index is 0.248. The van der Waals surface area contributed by atoms with Crippen molar-refractivity contribution in [2.75, 3.05) is 5.32 Å². The Morgan fingerprint density at radius 2 is 1.80 bits per heavy atom. The second kappa shape index (κ2) is 8.64. The average molecular weight is 371 g/mol. The van der Waals surface area contributed by atoms with Crippen molar-refractivity contribution in [1.82, 2.24) is 10.2 Å². The molecule has 1 aromatic heterocycles. The summed E-state index contributed by atoms with van der Waals surface area (Å²) < 4.78 is 5.60. The lowest BCUT2D eigenvalue weighted by Gasteiger charge is -2.13. The van der Waals surface area contributed by atoms with Gasteiger partial charge in [0.05, 0.1) is 5.75 Å². The molecule has 128 valence electrons. The molecule has 0 radical (unpaired) electrons. The van der Waals surface area contributed by atoms with Crippen molar-refractivity contribution in [3.05, 3.63) is 65.7 Å². The SMILES string of the molecule is CC(Oc1ccccc1)C(=O)Nc1nnc(CSc2ccccc2)s1. The number of carbonyl (C=O) groups is 1. The van der Waals surface area contributed by atoms with Crippen molar-refractivity contribution in [2.24, 2.45) is 0 Å². The van der Waals surface area contributed by atoms with E-state index in [4.69, 9.17) is 4.74 Å². The molecule has 1 N–H and O–H groups in total. The Morgan fingerprint density at radius 1 is 1.12 bits per heavy atom. The molecule has 1 atom stereocenters. The van der Waals surface area contributed by atoms with E-state index in [0.29, 0.717) is 16.6 Å². The highest BCUT2D eigenvalue weighted by Crippen LogP contribution is 2.25. The predicted molar refractivity (Wildman–Crippen MR) is 101 cm³/mol. The average Bonchev–Trinajstić information content (AvgIpc) is 3.09. The summed E-state index contributed by atoms with van der Waals surface area (Å²) >= 11 is 3.06. The fourth-order valence-corrected chi connectivity index (χ4v) is 3.64. The first-order chi connectivity index (χ1) is 12.2. The molecule has 25 heavy (non-hydrogen) atoms. The zero-order valence-corrected chi connectivity index (χ0v) is 15.2. The minimum Gasteiger partial charge on any atom is -0.481 e. The van der Waals surface area contributed by atoms with E-state index in [1.165, 1.54) is 16.2 Å². The van der Waals surface area contributed by atoms with E-state index >= 15 is 0 Å². The van der Waals surface area contributed by atoms with Crippen molar-refractivity contribution < 1.29 is 9.53 Å². The number of amides is 1.